The number of ketones is 1. The Hall–Kier alpha value is -3.87. The van der Waals surface area contributed by atoms with Crippen LogP contribution in [0.15, 0.2) is 72.8 Å². The minimum atomic E-state index is -0.502. The molecule has 3 aromatic rings. The van der Waals surface area contributed by atoms with Gasteiger partial charge >= 0.3 is 0 Å². The van der Waals surface area contributed by atoms with Crippen LogP contribution in [0.4, 0.5) is 11.4 Å². The predicted molar refractivity (Wildman–Crippen MR) is 108 cm³/mol. The Bertz CT molecular complexity index is 1050. The molecule has 1 heterocycles. The van der Waals surface area contributed by atoms with Gasteiger partial charge in [0.2, 0.25) is 0 Å². The van der Waals surface area contributed by atoms with Crippen LogP contribution in [0.3, 0.4) is 0 Å². The summed E-state index contributed by atoms with van der Waals surface area (Å²) in [6.07, 6.45) is -0.296. The van der Waals surface area contributed by atoms with E-state index >= 15 is 0 Å². The summed E-state index contributed by atoms with van der Waals surface area (Å²) in [6.45, 7) is 0.656. The summed E-state index contributed by atoms with van der Waals surface area (Å²) in [6, 6.07) is 20.5. The fourth-order valence-corrected chi connectivity index (χ4v) is 3.12. The minimum Gasteiger partial charge on any atom is -0.486 e. The number of anilines is 1. The molecule has 0 spiro atoms. The lowest BCUT2D eigenvalue weighted by molar-refractivity contribution is -0.384. The standard InChI is InChI=1S/C22H18N2O5/c25-22(15-6-2-1-3-7-15)16-10-11-18(19(12-16)24(26)27)23-13-17-14-28-20-8-4-5-9-21(20)29-17/h1-12,17,23H,13-14H2/t17-/m0/s1. The maximum Gasteiger partial charge on any atom is 0.293 e. The maximum absolute atomic E-state index is 12.6. The first-order valence-corrected chi connectivity index (χ1v) is 9.12. The largest absolute Gasteiger partial charge is 0.486 e. The van der Waals surface area contributed by atoms with Crippen LogP contribution in [0.25, 0.3) is 0 Å². The molecule has 0 unspecified atom stereocenters. The number of benzene rings is 3. The quantitative estimate of drug-likeness (QED) is 0.387. The molecule has 0 radical (unpaired) electrons. The average molecular weight is 390 g/mol. The molecule has 146 valence electrons. The van der Waals surface area contributed by atoms with Crippen LogP contribution >= 0.6 is 0 Å². The van der Waals surface area contributed by atoms with Crippen molar-refractivity contribution >= 4 is 17.2 Å². The zero-order chi connectivity index (χ0) is 20.2. The van der Waals surface area contributed by atoms with Crippen molar-refractivity contribution in [3.63, 3.8) is 0 Å². The molecule has 7 heteroatoms. The molecule has 0 saturated carbocycles. The first-order valence-electron chi connectivity index (χ1n) is 9.12. The lowest BCUT2D eigenvalue weighted by Gasteiger charge is -2.26. The molecule has 7 nitrogen and oxygen atoms in total. The third kappa shape index (κ3) is 4.03. The Morgan fingerprint density at radius 2 is 1.72 bits per heavy atom. The summed E-state index contributed by atoms with van der Waals surface area (Å²) in [5.41, 5.74) is 0.902. The highest BCUT2D eigenvalue weighted by molar-refractivity contribution is 6.09. The summed E-state index contributed by atoms with van der Waals surface area (Å²) in [4.78, 5) is 23.6. The Balaban J connectivity index is 1.49. The summed E-state index contributed by atoms with van der Waals surface area (Å²) in [5.74, 6) is 1.06. The fraction of sp³-hybridized carbons (Fsp3) is 0.136. The number of hydrogen-bond donors (Lipinski definition) is 1. The third-order valence-corrected chi connectivity index (χ3v) is 4.58. The van der Waals surface area contributed by atoms with E-state index in [1.807, 2.05) is 30.3 Å². The lowest BCUT2D eigenvalue weighted by atomic mass is 10.0. The highest BCUT2D eigenvalue weighted by Gasteiger charge is 2.23. The van der Waals surface area contributed by atoms with Crippen LogP contribution in [0.5, 0.6) is 11.5 Å². The van der Waals surface area contributed by atoms with E-state index in [4.69, 9.17) is 9.47 Å². The van der Waals surface area contributed by atoms with Crippen LogP contribution < -0.4 is 14.8 Å². The second-order valence-corrected chi connectivity index (χ2v) is 6.56. The van der Waals surface area contributed by atoms with Crippen molar-refractivity contribution in [2.24, 2.45) is 0 Å². The number of para-hydroxylation sites is 2. The molecule has 4 rings (SSSR count). The van der Waals surface area contributed by atoms with E-state index in [1.54, 1.807) is 36.4 Å². The first-order chi connectivity index (χ1) is 14.1. The van der Waals surface area contributed by atoms with E-state index in [0.717, 1.165) is 0 Å². The van der Waals surface area contributed by atoms with Crippen molar-refractivity contribution in [2.75, 3.05) is 18.5 Å². The number of nitro benzene ring substituents is 1. The van der Waals surface area contributed by atoms with Gasteiger partial charge in [-0.25, -0.2) is 0 Å². The predicted octanol–water partition coefficient (Wildman–Crippen LogP) is 4.08. The number of fused-ring (bicyclic) bond motifs is 1. The Morgan fingerprint density at radius 3 is 2.48 bits per heavy atom. The molecule has 1 aliphatic heterocycles. The molecular weight excluding hydrogens is 372 g/mol. The van der Waals surface area contributed by atoms with Crippen LogP contribution in [-0.2, 0) is 0 Å². The molecule has 1 atom stereocenters. The number of ether oxygens (including phenoxy) is 2. The van der Waals surface area contributed by atoms with Crippen LogP contribution in [0, 0.1) is 10.1 Å². The van der Waals surface area contributed by atoms with Crippen LogP contribution in [0.1, 0.15) is 15.9 Å². The maximum atomic E-state index is 12.6. The average Bonchev–Trinajstić information content (AvgIpc) is 2.77. The molecular formula is C22H18N2O5. The van der Waals surface area contributed by atoms with Gasteiger partial charge in [-0.2, -0.15) is 0 Å². The number of carbonyl (C=O) groups excluding carboxylic acids is 1. The van der Waals surface area contributed by atoms with Gasteiger partial charge in [0.1, 0.15) is 18.4 Å². The van der Waals surface area contributed by atoms with Gasteiger partial charge in [0.25, 0.3) is 5.69 Å². The van der Waals surface area contributed by atoms with E-state index in [9.17, 15) is 14.9 Å². The molecule has 3 aromatic carbocycles. The van der Waals surface area contributed by atoms with Gasteiger partial charge in [0.15, 0.2) is 17.3 Å². The summed E-state index contributed by atoms with van der Waals surface area (Å²) in [7, 11) is 0. The van der Waals surface area contributed by atoms with Crippen molar-refractivity contribution in [3.05, 3.63) is 94.0 Å². The van der Waals surface area contributed by atoms with Gasteiger partial charge < -0.3 is 14.8 Å². The van der Waals surface area contributed by atoms with E-state index in [1.165, 1.54) is 6.07 Å². The normalized spacial score (nSPS) is 14.8. The molecule has 1 N–H and O–H groups in total. The second kappa shape index (κ2) is 8.02. The number of nitrogens with one attached hydrogen (secondary N) is 1. The third-order valence-electron chi connectivity index (χ3n) is 4.58. The summed E-state index contributed by atoms with van der Waals surface area (Å²) >= 11 is 0. The van der Waals surface area contributed by atoms with Crippen molar-refractivity contribution in [1.29, 1.82) is 0 Å². The molecule has 0 aliphatic carbocycles. The number of nitrogens with zero attached hydrogens (tertiary/aromatic N) is 1. The number of hydrogen-bond acceptors (Lipinski definition) is 6. The highest BCUT2D eigenvalue weighted by atomic mass is 16.6. The molecule has 0 aromatic heterocycles. The van der Waals surface area contributed by atoms with Gasteiger partial charge in [0.05, 0.1) is 11.5 Å². The van der Waals surface area contributed by atoms with Crippen molar-refractivity contribution in [3.8, 4) is 11.5 Å². The van der Waals surface area contributed by atoms with E-state index < -0.39 is 4.92 Å². The van der Waals surface area contributed by atoms with Crippen molar-refractivity contribution < 1.29 is 19.2 Å². The molecule has 0 saturated heterocycles. The number of rotatable bonds is 6. The van der Waals surface area contributed by atoms with E-state index in [-0.39, 0.29) is 23.1 Å². The zero-order valence-electron chi connectivity index (χ0n) is 15.4. The Kier molecular flexibility index (Phi) is 5.11. The van der Waals surface area contributed by atoms with Gasteiger partial charge in [-0.3, -0.25) is 14.9 Å². The number of nitro groups is 1. The molecule has 29 heavy (non-hydrogen) atoms. The van der Waals surface area contributed by atoms with E-state index in [2.05, 4.69) is 5.32 Å². The lowest BCUT2D eigenvalue weighted by Crippen LogP contribution is -2.35. The van der Waals surface area contributed by atoms with Gasteiger partial charge in [-0.05, 0) is 24.3 Å². The topological polar surface area (TPSA) is 90.7 Å². The molecule has 0 fully saturated rings. The summed E-state index contributed by atoms with van der Waals surface area (Å²) < 4.78 is 11.5. The highest BCUT2D eigenvalue weighted by Crippen LogP contribution is 2.31. The van der Waals surface area contributed by atoms with Gasteiger partial charge in [0, 0.05) is 17.2 Å². The number of carbonyl (C=O) groups is 1. The molecule has 0 bridgehead atoms. The monoisotopic (exact) mass is 390 g/mol. The van der Waals surface area contributed by atoms with E-state index in [0.29, 0.717) is 35.9 Å². The SMILES string of the molecule is O=C(c1ccccc1)c1ccc(NC[C@H]2COc3ccccc3O2)c([N+](=O)[O-])c1. The Labute approximate surface area is 167 Å². The molecule has 1 aliphatic rings. The van der Waals surface area contributed by atoms with Gasteiger partial charge in [-0.15, -0.1) is 0 Å². The first kappa shape index (κ1) is 18.5. The van der Waals surface area contributed by atoms with Crippen molar-refractivity contribution in [1.82, 2.24) is 0 Å². The van der Waals surface area contributed by atoms with Crippen LogP contribution in [-0.4, -0.2) is 30.0 Å². The molecule has 0 amide bonds. The zero-order valence-corrected chi connectivity index (χ0v) is 15.4. The van der Waals surface area contributed by atoms with Gasteiger partial charge in [-0.1, -0.05) is 42.5 Å². The smallest absolute Gasteiger partial charge is 0.293 e. The minimum absolute atomic E-state index is 0.163. The summed E-state index contributed by atoms with van der Waals surface area (Å²) in [5, 5.41) is 14.6. The fourth-order valence-electron chi connectivity index (χ4n) is 3.12. The van der Waals surface area contributed by atoms with Crippen LogP contribution in [0.2, 0.25) is 0 Å². The van der Waals surface area contributed by atoms with Crippen molar-refractivity contribution in [2.45, 2.75) is 6.10 Å². The Morgan fingerprint density at radius 1 is 1.00 bits per heavy atom. The second-order valence-electron chi connectivity index (χ2n) is 6.56.